The first kappa shape index (κ1) is 16.8. The largest absolute Gasteiger partial charge is 0.233 e. The van der Waals surface area contributed by atoms with E-state index >= 15 is 0 Å². The van der Waals surface area contributed by atoms with E-state index < -0.39 is 0 Å². The van der Waals surface area contributed by atoms with Crippen molar-refractivity contribution in [2.75, 3.05) is 0 Å². The Kier molecular flexibility index (Phi) is 4.38. The summed E-state index contributed by atoms with van der Waals surface area (Å²) in [5.41, 5.74) is 8.65. The first-order valence-electron chi connectivity index (χ1n) is 9.89. The van der Waals surface area contributed by atoms with Gasteiger partial charge in [0.2, 0.25) is 0 Å². The van der Waals surface area contributed by atoms with Gasteiger partial charge in [-0.15, -0.1) is 0 Å². The van der Waals surface area contributed by atoms with E-state index in [4.69, 9.17) is 5.10 Å². The minimum Gasteiger partial charge on any atom is -0.233 e. The van der Waals surface area contributed by atoms with Crippen LogP contribution in [0.3, 0.4) is 0 Å². The van der Waals surface area contributed by atoms with E-state index in [2.05, 4.69) is 102 Å². The lowest BCUT2D eigenvalue weighted by Crippen LogP contribution is -2.07. The monoisotopic (exact) mass is 362 g/mol. The van der Waals surface area contributed by atoms with Crippen LogP contribution in [0.1, 0.15) is 29.7 Å². The van der Waals surface area contributed by atoms with Crippen LogP contribution in [0.25, 0.3) is 28.6 Å². The molecule has 0 atom stereocenters. The predicted molar refractivity (Wildman–Crippen MR) is 116 cm³/mol. The van der Waals surface area contributed by atoms with Crippen LogP contribution in [0, 0.1) is 0 Å². The van der Waals surface area contributed by atoms with Crippen LogP contribution < -0.4 is 0 Å². The molecule has 5 rings (SSSR count). The molecule has 0 N–H and O–H groups in total. The molecule has 0 saturated heterocycles. The van der Waals surface area contributed by atoms with Crippen molar-refractivity contribution in [3.8, 4) is 16.9 Å². The number of rotatable bonds is 3. The molecule has 136 valence electrons. The Labute approximate surface area is 165 Å². The first-order valence-corrected chi connectivity index (χ1v) is 9.89. The van der Waals surface area contributed by atoms with E-state index in [0.717, 1.165) is 30.6 Å². The zero-order valence-corrected chi connectivity index (χ0v) is 15.8. The van der Waals surface area contributed by atoms with Crippen LogP contribution in [0.2, 0.25) is 0 Å². The van der Waals surface area contributed by atoms with Crippen molar-refractivity contribution in [3.05, 3.63) is 108 Å². The van der Waals surface area contributed by atoms with Gasteiger partial charge in [0.1, 0.15) is 0 Å². The molecule has 3 aromatic carbocycles. The lowest BCUT2D eigenvalue weighted by atomic mass is 9.88. The minimum absolute atomic E-state index is 1.07. The van der Waals surface area contributed by atoms with Gasteiger partial charge in [0.25, 0.3) is 0 Å². The normalized spacial score (nSPS) is 14.8. The van der Waals surface area contributed by atoms with Gasteiger partial charge in [-0.1, -0.05) is 78.9 Å². The summed E-state index contributed by atoms with van der Waals surface area (Å²) >= 11 is 0. The highest BCUT2D eigenvalue weighted by atomic mass is 15.3. The molecule has 0 unspecified atom stereocenters. The Morgan fingerprint density at radius 3 is 2.07 bits per heavy atom. The second-order valence-electron chi connectivity index (χ2n) is 7.22. The zero-order chi connectivity index (χ0) is 18.8. The molecular weight excluding hydrogens is 340 g/mol. The summed E-state index contributed by atoms with van der Waals surface area (Å²) < 4.78 is 2.14. The van der Waals surface area contributed by atoms with Crippen molar-refractivity contribution in [1.29, 1.82) is 0 Å². The summed E-state index contributed by atoms with van der Waals surface area (Å²) in [6, 6.07) is 31.6. The molecule has 0 aliphatic heterocycles. The summed E-state index contributed by atoms with van der Waals surface area (Å²) in [6.07, 6.45) is 5.63. The molecule has 4 aromatic rings. The molecule has 0 fully saturated rings. The number of fused-ring (bicyclic) bond motifs is 1. The van der Waals surface area contributed by atoms with Crippen molar-refractivity contribution in [3.63, 3.8) is 0 Å². The van der Waals surface area contributed by atoms with E-state index in [9.17, 15) is 0 Å². The summed E-state index contributed by atoms with van der Waals surface area (Å²) in [7, 11) is 0. The third-order valence-corrected chi connectivity index (χ3v) is 5.35. The van der Waals surface area contributed by atoms with Gasteiger partial charge in [0.05, 0.1) is 17.1 Å². The van der Waals surface area contributed by atoms with Gasteiger partial charge in [-0.3, -0.25) is 0 Å². The molecule has 1 aliphatic rings. The van der Waals surface area contributed by atoms with E-state index in [1.54, 1.807) is 0 Å². The van der Waals surface area contributed by atoms with Gasteiger partial charge in [-0.05, 0) is 48.6 Å². The number of para-hydroxylation sites is 1. The Balaban J connectivity index is 1.74. The van der Waals surface area contributed by atoms with Crippen molar-refractivity contribution in [2.24, 2.45) is 0 Å². The maximum Gasteiger partial charge on any atom is 0.0966 e. The SMILES string of the molecule is C(=C1CCCc2c(-c3ccccc3)nn(-c3ccccc3)c21)c1ccccc1. The van der Waals surface area contributed by atoms with Crippen LogP contribution in [-0.4, -0.2) is 9.78 Å². The summed E-state index contributed by atoms with van der Waals surface area (Å²) in [5, 5.41) is 5.10. The number of aromatic nitrogens is 2. The average molecular weight is 362 g/mol. The average Bonchev–Trinajstić information content (AvgIpc) is 3.17. The van der Waals surface area contributed by atoms with E-state index in [1.165, 1.54) is 28.0 Å². The number of benzene rings is 3. The van der Waals surface area contributed by atoms with Crippen molar-refractivity contribution >= 4 is 11.6 Å². The third kappa shape index (κ3) is 3.07. The standard InChI is InChI=1S/C26H22N2/c1-4-11-20(12-5-1)19-22-15-10-18-24-25(21-13-6-2-7-14-21)27-28(26(22)24)23-16-8-3-9-17-23/h1-9,11-14,16-17,19H,10,15,18H2. The van der Waals surface area contributed by atoms with Gasteiger partial charge < -0.3 is 0 Å². The second-order valence-corrected chi connectivity index (χ2v) is 7.22. The highest BCUT2D eigenvalue weighted by Gasteiger charge is 2.25. The smallest absolute Gasteiger partial charge is 0.0966 e. The molecular formula is C26H22N2. The molecule has 0 saturated carbocycles. The summed E-state index contributed by atoms with van der Waals surface area (Å²) in [5.74, 6) is 0. The Morgan fingerprint density at radius 1 is 0.714 bits per heavy atom. The fourth-order valence-corrected chi connectivity index (χ4v) is 4.07. The zero-order valence-electron chi connectivity index (χ0n) is 15.8. The van der Waals surface area contributed by atoms with Crippen LogP contribution in [-0.2, 0) is 6.42 Å². The highest BCUT2D eigenvalue weighted by molar-refractivity contribution is 5.85. The topological polar surface area (TPSA) is 17.8 Å². The van der Waals surface area contributed by atoms with Gasteiger partial charge in [0.15, 0.2) is 0 Å². The van der Waals surface area contributed by atoms with E-state index in [1.807, 2.05) is 0 Å². The van der Waals surface area contributed by atoms with E-state index in [0.29, 0.717) is 0 Å². The minimum atomic E-state index is 1.07. The lowest BCUT2D eigenvalue weighted by Gasteiger charge is -2.18. The summed E-state index contributed by atoms with van der Waals surface area (Å²) in [6.45, 7) is 0. The quantitative estimate of drug-likeness (QED) is 0.411. The van der Waals surface area contributed by atoms with E-state index in [-0.39, 0.29) is 0 Å². The number of allylic oxidation sites excluding steroid dienone is 1. The van der Waals surface area contributed by atoms with Crippen LogP contribution >= 0.6 is 0 Å². The predicted octanol–water partition coefficient (Wildman–Crippen LogP) is 6.42. The van der Waals surface area contributed by atoms with Crippen LogP contribution in [0.5, 0.6) is 0 Å². The third-order valence-electron chi connectivity index (χ3n) is 5.35. The molecule has 2 nitrogen and oxygen atoms in total. The molecule has 0 amide bonds. The lowest BCUT2D eigenvalue weighted by molar-refractivity contribution is 0.796. The molecule has 28 heavy (non-hydrogen) atoms. The van der Waals surface area contributed by atoms with Crippen molar-refractivity contribution in [2.45, 2.75) is 19.3 Å². The maximum absolute atomic E-state index is 5.10. The molecule has 1 aromatic heterocycles. The molecule has 1 aliphatic carbocycles. The number of nitrogens with zero attached hydrogens (tertiary/aromatic N) is 2. The van der Waals surface area contributed by atoms with Gasteiger partial charge in [0, 0.05) is 11.1 Å². The highest BCUT2D eigenvalue weighted by Crippen LogP contribution is 2.39. The molecule has 0 radical (unpaired) electrons. The molecule has 1 heterocycles. The second kappa shape index (κ2) is 7.32. The Morgan fingerprint density at radius 2 is 1.36 bits per heavy atom. The molecule has 0 spiro atoms. The number of hydrogen-bond acceptors (Lipinski definition) is 1. The number of hydrogen-bond donors (Lipinski definition) is 0. The Hall–Kier alpha value is -3.39. The Bertz CT molecular complexity index is 1110. The van der Waals surface area contributed by atoms with Gasteiger partial charge in [-0.2, -0.15) is 5.10 Å². The molecule has 2 heteroatoms. The first-order chi connectivity index (χ1) is 13.9. The van der Waals surface area contributed by atoms with Gasteiger partial charge >= 0.3 is 0 Å². The maximum atomic E-state index is 5.10. The van der Waals surface area contributed by atoms with Crippen LogP contribution in [0.4, 0.5) is 0 Å². The van der Waals surface area contributed by atoms with Crippen molar-refractivity contribution in [1.82, 2.24) is 9.78 Å². The fourth-order valence-electron chi connectivity index (χ4n) is 4.07. The van der Waals surface area contributed by atoms with Crippen molar-refractivity contribution < 1.29 is 0 Å². The summed E-state index contributed by atoms with van der Waals surface area (Å²) in [4.78, 5) is 0. The fraction of sp³-hybridized carbons (Fsp3) is 0.115. The molecule has 0 bridgehead atoms. The van der Waals surface area contributed by atoms with Gasteiger partial charge in [-0.25, -0.2) is 4.68 Å². The van der Waals surface area contributed by atoms with Crippen LogP contribution in [0.15, 0.2) is 91.0 Å².